The molecule has 0 aliphatic heterocycles. The van der Waals surface area contributed by atoms with E-state index in [0.717, 1.165) is 18.4 Å². The van der Waals surface area contributed by atoms with E-state index in [-0.39, 0.29) is 24.1 Å². The Labute approximate surface area is 134 Å². The van der Waals surface area contributed by atoms with Gasteiger partial charge in [0.2, 0.25) is 0 Å². The summed E-state index contributed by atoms with van der Waals surface area (Å²) in [5, 5.41) is 6.45. The Morgan fingerprint density at radius 1 is 1.43 bits per heavy atom. The Kier molecular flexibility index (Phi) is 4.32. The summed E-state index contributed by atoms with van der Waals surface area (Å²) in [7, 11) is 0. The van der Waals surface area contributed by atoms with Crippen LogP contribution in [0, 0.1) is 18.7 Å². The molecule has 0 bridgehead atoms. The molecule has 1 aromatic carbocycles. The number of aromatic nitrogens is 2. The second kappa shape index (κ2) is 6.40. The van der Waals surface area contributed by atoms with Gasteiger partial charge in [0, 0.05) is 24.7 Å². The van der Waals surface area contributed by atoms with E-state index in [1.165, 1.54) is 18.6 Å². The van der Waals surface area contributed by atoms with Crippen LogP contribution in [-0.2, 0) is 6.54 Å². The van der Waals surface area contributed by atoms with Crippen LogP contribution in [0.4, 0.5) is 10.2 Å². The zero-order valence-electron chi connectivity index (χ0n) is 13.2. The number of halogens is 1. The molecule has 1 aromatic heterocycles. The summed E-state index contributed by atoms with van der Waals surface area (Å²) in [6.45, 7) is 2.73. The minimum atomic E-state index is -0.277. The van der Waals surface area contributed by atoms with E-state index < -0.39 is 0 Å². The number of rotatable bonds is 5. The number of nitrogens with one attached hydrogen (secondary N) is 1. The monoisotopic (exact) mass is 316 g/mol. The van der Waals surface area contributed by atoms with Crippen LogP contribution in [-0.4, -0.2) is 27.5 Å². The fraction of sp³-hybridized carbons (Fsp3) is 0.412. The lowest BCUT2D eigenvalue weighted by Crippen LogP contribution is -2.37. The summed E-state index contributed by atoms with van der Waals surface area (Å²) in [4.78, 5) is 14.4. The molecule has 0 radical (unpaired) electrons. The fourth-order valence-corrected chi connectivity index (χ4v) is 2.81. The van der Waals surface area contributed by atoms with Gasteiger partial charge in [-0.2, -0.15) is 5.10 Å². The molecule has 122 valence electrons. The normalized spacial score (nSPS) is 14.5. The third kappa shape index (κ3) is 3.52. The maximum Gasteiger partial charge on any atom is 0.272 e. The van der Waals surface area contributed by atoms with Crippen LogP contribution in [0.15, 0.2) is 24.3 Å². The Morgan fingerprint density at radius 2 is 2.22 bits per heavy atom. The number of aromatic amines is 1. The van der Waals surface area contributed by atoms with E-state index in [4.69, 9.17) is 5.73 Å². The number of amides is 1. The van der Waals surface area contributed by atoms with E-state index in [0.29, 0.717) is 23.7 Å². The van der Waals surface area contributed by atoms with Crippen LogP contribution in [0.3, 0.4) is 0 Å². The number of hydrogen-bond donors (Lipinski definition) is 2. The first kappa shape index (κ1) is 15.5. The van der Waals surface area contributed by atoms with Crippen LogP contribution in [0.25, 0.3) is 0 Å². The SMILES string of the molecule is Cc1ccc(CN(CC2CCC2)C(=O)c2cc(N)n[nH]2)c(F)c1. The number of benzene rings is 1. The number of anilines is 1. The molecular formula is C17H21FN4O. The van der Waals surface area contributed by atoms with Crippen LogP contribution >= 0.6 is 0 Å². The topological polar surface area (TPSA) is 75.0 Å². The highest BCUT2D eigenvalue weighted by atomic mass is 19.1. The number of carbonyl (C=O) groups is 1. The Bertz CT molecular complexity index is 708. The van der Waals surface area contributed by atoms with Gasteiger partial charge in [-0.15, -0.1) is 0 Å². The van der Waals surface area contributed by atoms with Gasteiger partial charge < -0.3 is 10.6 Å². The van der Waals surface area contributed by atoms with Crippen molar-refractivity contribution in [2.45, 2.75) is 32.7 Å². The molecule has 2 aromatic rings. The summed E-state index contributed by atoms with van der Waals surface area (Å²) in [5.41, 5.74) is 7.31. The number of nitrogens with zero attached hydrogens (tertiary/aromatic N) is 2. The van der Waals surface area contributed by atoms with Gasteiger partial charge in [-0.25, -0.2) is 4.39 Å². The van der Waals surface area contributed by atoms with Gasteiger partial charge in [-0.1, -0.05) is 18.6 Å². The lowest BCUT2D eigenvalue weighted by molar-refractivity contribution is 0.0671. The number of nitrogens with two attached hydrogens (primary N) is 1. The number of hydrogen-bond acceptors (Lipinski definition) is 3. The average Bonchev–Trinajstić information content (AvgIpc) is 2.89. The lowest BCUT2D eigenvalue weighted by Gasteiger charge is -2.32. The van der Waals surface area contributed by atoms with Crippen molar-refractivity contribution in [3.63, 3.8) is 0 Å². The van der Waals surface area contributed by atoms with Gasteiger partial charge >= 0.3 is 0 Å². The van der Waals surface area contributed by atoms with Crippen LogP contribution in [0.1, 0.15) is 40.9 Å². The minimum Gasteiger partial charge on any atom is -0.382 e. The second-order valence-corrected chi connectivity index (χ2v) is 6.28. The highest BCUT2D eigenvalue weighted by Crippen LogP contribution is 2.28. The highest BCUT2D eigenvalue weighted by molar-refractivity contribution is 5.93. The van der Waals surface area contributed by atoms with Gasteiger partial charge in [-0.05, 0) is 37.3 Å². The Hall–Kier alpha value is -2.37. The molecule has 5 nitrogen and oxygen atoms in total. The largest absolute Gasteiger partial charge is 0.382 e. The molecule has 6 heteroatoms. The predicted octanol–water partition coefficient (Wildman–Crippen LogP) is 2.88. The molecule has 1 aliphatic rings. The molecule has 1 aliphatic carbocycles. The first-order valence-corrected chi connectivity index (χ1v) is 7.88. The van der Waals surface area contributed by atoms with Crippen molar-refractivity contribution in [1.82, 2.24) is 15.1 Å². The molecule has 0 unspecified atom stereocenters. The number of H-pyrrole nitrogens is 1. The second-order valence-electron chi connectivity index (χ2n) is 6.28. The van der Waals surface area contributed by atoms with Crippen molar-refractivity contribution in [2.24, 2.45) is 5.92 Å². The third-order valence-corrected chi connectivity index (χ3v) is 4.39. The van der Waals surface area contributed by atoms with Crippen molar-refractivity contribution in [3.8, 4) is 0 Å². The number of carbonyl (C=O) groups excluding carboxylic acids is 1. The smallest absolute Gasteiger partial charge is 0.272 e. The van der Waals surface area contributed by atoms with Gasteiger partial charge in [0.1, 0.15) is 17.3 Å². The van der Waals surface area contributed by atoms with Gasteiger partial charge in [0.25, 0.3) is 5.91 Å². The predicted molar refractivity (Wildman–Crippen MR) is 86.2 cm³/mol. The molecule has 1 heterocycles. The highest BCUT2D eigenvalue weighted by Gasteiger charge is 2.26. The third-order valence-electron chi connectivity index (χ3n) is 4.39. The van der Waals surface area contributed by atoms with Crippen LogP contribution in [0.5, 0.6) is 0 Å². The van der Waals surface area contributed by atoms with Crippen molar-refractivity contribution < 1.29 is 9.18 Å². The Balaban J connectivity index is 1.81. The molecule has 0 atom stereocenters. The maximum atomic E-state index is 14.1. The quantitative estimate of drug-likeness (QED) is 0.890. The van der Waals surface area contributed by atoms with Gasteiger partial charge in [0.05, 0.1) is 0 Å². The van der Waals surface area contributed by atoms with Crippen molar-refractivity contribution in [3.05, 3.63) is 46.9 Å². The average molecular weight is 316 g/mol. The molecule has 3 N–H and O–H groups in total. The molecule has 0 saturated heterocycles. The maximum absolute atomic E-state index is 14.1. The standard InChI is InChI=1S/C17H21FN4O/c1-11-5-6-13(14(18)7-11)10-22(9-12-3-2-4-12)17(23)15-8-16(19)21-20-15/h5-8,12H,2-4,9-10H2,1H3,(H3,19,20,21). The zero-order valence-corrected chi connectivity index (χ0v) is 13.2. The Morgan fingerprint density at radius 3 is 2.78 bits per heavy atom. The van der Waals surface area contributed by atoms with Crippen LogP contribution in [0.2, 0.25) is 0 Å². The summed E-state index contributed by atoms with van der Waals surface area (Å²) >= 11 is 0. The molecule has 0 spiro atoms. The van der Waals surface area contributed by atoms with E-state index in [1.54, 1.807) is 11.0 Å². The fourth-order valence-electron chi connectivity index (χ4n) is 2.81. The molecule has 1 amide bonds. The first-order valence-electron chi connectivity index (χ1n) is 7.88. The molecule has 1 fully saturated rings. The van der Waals surface area contributed by atoms with Crippen molar-refractivity contribution in [2.75, 3.05) is 12.3 Å². The zero-order chi connectivity index (χ0) is 16.4. The van der Waals surface area contributed by atoms with Gasteiger partial charge in [-0.3, -0.25) is 9.89 Å². The van der Waals surface area contributed by atoms with Crippen molar-refractivity contribution in [1.29, 1.82) is 0 Å². The van der Waals surface area contributed by atoms with Crippen molar-refractivity contribution >= 4 is 11.7 Å². The van der Waals surface area contributed by atoms with E-state index in [1.807, 2.05) is 13.0 Å². The van der Waals surface area contributed by atoms with E-state index >= 15 is 0 Å². The molecular weight excluding hydrogens is 295 g/mol. The van der Waals surface area contributed by atoms with Gasteiger partial charge in [0.15, 0.2) is 0 Å². The number of nitrogen functional groups attached to an aromatic ring is 1. The summed E-state index contributed by atoms with van der Waals surface area (Å²) < 4.78 is 14.1. The van der Waals surface area contributed by atoms with E-state index in [9.17, 15) is 9.18 Å². The minimum absolute atomic E-state index is 0.193. The summed E-state index contributed by atoms with van der Waals surface area (Å²) in [5.74, 6) is 0.299. The number of aryl methyl sites for hydroxylation is 1. The molecule has 1 saturated carbocycles. The summed E-state index contributed by atoms with van der Waals surface area (Å²) in [6, 6.07) is 6.61. The van der Waals surface area contributed by atoms with Crippen LogP contribution < -0.4 is 5.73 Å². The van der Waals surface area contributed by atoms with E-state index in [2.05, 4.69) is 10.2 Å². The molecule has 23 heavy (non-hydrogen) atoms. The first-order chi connectivity index (χ1) is 11.0. The summed E-state index contributed by atoms with van der Waals surface area (Å²) in [6.07, 6.45) is 3.43. The lowest BCUT2D eigenvalue weighted by atomic mass is 9.85. The molecule has 3 rings (SSSR count).